The molecular weight excluding hydrogens is 338 g/mol. The lowest BCUT2D eigenvalue weighted by atomic mass is 9.94. The van der Waals surface area contributed by atoms with Crippen molar-refractivity contribution in [2.45, 2.75) is 19.3 Å². The molecule has 4 rings (SSSR count). The van der Waals surface area contributed by atoms with E-state index in [1.165, 1.54) is 35.4 Å². The summed E-state index contributed by atoms with van der Waals surface area (Å²) >= 11 is 0. The van der Waals surface area contributed by atoms with E-state index >= 15 is 0 Å². The molecule has 0 saturated heterocycles. The zero-order valence-electron chi connectivity index (χ0n) is 15.3. The van der Waals surface area contributed by atoms with Crippen molar-refractivity contribution in [2.75, 3.05) is 0 Å². The standard InChI is InChI=1S/C25H20F2/c1-17-24(25(17,2)20-6-4-3-5-7-20)16-23(18-8-12-21(26)13-9-18)19-10-14-22(27)15-11-19/h3-15,17H,1-2H3/t17-,25-/m0/s1. The van der Waals surface area contributed by atoms with Crippen molar-refractivity contribution in [2.24, 2.45) is 5.92 Å². The van der Waals surface area contributed by atoms with Gasteiger partial charge in [-0.25, -0.2) is 8.78 Å². The molecule has 3 aromatic carbocycles. The average Bonchev–Trinajstić information content (AvgIpc) is 3.23. The first-order valence-electron chi connectivity index (χ1n) is 9.09. The van der Waals surface area contributed by atoms with E-state index in [0.29, 0.717) is 5.92 Å². The van der Waals surface area contributed by atoms with E-state index in [9.17, 15) is 8.78 Å². The van der Waals surface area contributed by atoms with E-state index in [-0.39, 0.29) is 17.0 Å². The van der Waals surface area contributed by atoms with Crippen molar-refractivity contribution in [3.8, 4) is 0 Å². The van der Waals surface area contributed by atoms with Gasteiger partial charge in [0, 0.05) is 11.0 Å². The molecule has 134 valence electrons. The van der Waals surface area contributed by atoms with Crippen LogP contribution in [0.15, 0.2) is 90.2 Å². The lowest BCUT2D eigenvalue weighted by Gasteiger charge is -2.09. The molecule has 0 amide bonds. The molecule has 1 fully saturated rings. The van der Waals surface area contributed by atoms with Gasteiger partial charge in [-0.05, 0) is 52.4 Å². The van der Waals surface area contributed by atoms with Crippen LogP contribution in [0.25, 0.3) is 5.57 Å². The summed E-state index contributed by atoms with van der Waals surface area (Å²) in [4.78, 5) is 0. The molecule has 0 nitrogen and oxygen atoms in total. The molecule has 0 bridgehead atoms. The molecule has 1 saturated carbocycles. The Morgan fingerprint density at radius 3 is 1.74 bits per heavy atom. The van der Waals surface area contributed by atoms with Gasteiger partial charge in [0.15, 0.2) is 0 Å². The Morgan fingerprint density at radius 2 is 1.26 bits per heavy atom. The van der Waals surface area contributed by atoms with Gasteiger partial charge in [-0.15, -0.1) is 5.73 Å². The number of hydrogen-bond donors (Lipinski definition) is 0. The Morgan fingerprint density at radius 1 is 0.778 bits per heavy atom. The summed E-state index contributed by atoms with van der Waals surface area (Å²) in [5, 5.41) is 0. The second kappa shape index (κ2) is 6.64. The molecule has 0 aromatic heterocycles. The fourth-order valence-electron chi connectivity index (χ4n) is 3.73. The van der Waals surface area contributed by atoms with E-state index in [2.05, 4.69) is 31.7 Å². The molecule has 27 heavy (non-hydrogen) atoms. The van der Waals surface area contributed by atoms with Crippen molar-refractivity contribution in [3.05, 3.63) is 118 Å². The predicted octanol–water partition coefficient (Wildman–Crippen LogP) is 6.53. The Balaban J connectivity index is 1.90. The molecule has 2 heteroatoms. The Kier molecular flexibility index (Phi) is 4.30. The summed E-state index contributed by atoms with van der Waals surface area (Å²) in [6, 6.07) is 23.1. The summed E-state index contributed by atoms with van der Waals surface area (Å²) in [7, 11) is 0. The SMILES string of the molecule is C[C@H]1C(=C=C(c2ccc(F)cc2)c2ccc(F)cc2)[C@]1(C)c1ccccc1. The van der Waals surface area contributed by atoms with Crippen molar-refractivity contribution in [1.29, 1.82) is 0 Å². The van der Waals surface area contributed by atoms with Crippen molar-refractivity contribution < 1.29 is 8.78 Å². The molecule has 0 N–H and O–H groups in total. The van der Waals surface area contributed by atoms with Crippen molar-refractivity contribution in [1.82, 2.24) is 0 Å². The summed E-state index contributed by atoms with van der Waals surface area (Å²) < 4.78 is 26.8. The summed E-state index contributed by atoms with van der Waals surface area (Å²) in [6.45, 7) is 4.42. The van der Waals surface area contributed by atoms with Crippen LogP contribution in [-0.2, 0) is 5.41 Å². The second-order valence-corrected chi connectivity index (χ2v) is 7.22. The highest BCUT2D eigenvalue weighted by Crippen LogP contribution is 2.58. The van der Waals surface area contributed by atoms with Gasteiger partial charge < -0.3 is 0 Å². The first-order valence-corrected chi connectivity index (χ1v) is 9.09. The van der Waals surface area contributed by atoms with Crippen LogP contribution in [0.1, 0.15) is 30.5 Å². The molecule has 1 aliphatic rings. The maximum atomic E-state index is 13.4. The maximum absolute atomic E-state index is 13.4. The van der Waals surface area contributed by atoms with Crippen molar-refractivity contribution >= 4 is 5.57 Å². The first kappa shape index (κ1) is 17.5. The highest BCUT2D eigenvalue weighted by atomic mass is 19.1. The van der Waals surface area contributed by atoms with E-state index in [4.69, 9.17) is 0 Å². The van der Waals surface area contributed by atoms with Gasteiger partial charge in [-0.2, -0.15) is 0 Å². The third-order valence-corrected chi connectivity index (χ3v) is 5.67. The van der Waals surface area contributed by atoms with Crippen LogP contribution in [0.3, 0.4) is 0 Å². The lowest BCUT2D eigenvalue weighted by molar-refractivity contribution is 0.627. The molecule has 0 spiro atoms. The monoisotopic (exact) mass is 358 g/mol. The van der Waals surface area contributed by atoms with Crippen LogP contribution >= 0.6 is 0 Å². The molecular formula is C25H20F2. The summed E-state index contributed by atoms with van der Waals surface area (Å²) in [5.74, 6) is -0.201. The van der Waals surface area contributed by atoms with Crippen LogP contribution in [0.2, 0.25) is 0 Å². The normalized spacial score (nSPS) is 20.9. The summed E-state index contributed by atoms with van der Waals surface area (Å²) in [6.07, 6.45) is 0. The van der Waals surface area contributed by atoms with Crippen LogP contribution in [0.5, 0.6) is 0 Å². The van der Waals surface area contributed by atoms with E-state index in [1.807, 2.05) is 18.2 Å². The molecule has 3 aromatic rings. The van der Waals surface area contributed by atoms with Crippen LogP contribution in [0.4, 0.5) is 8.78 Å². The number of allylic oxidation sites excluding steroid dienone is 1. The van der Waals surface area contributed by atoms with Crippen LogP contribution < -0.4 is 0 Å². The van der Waals surface area contributed by atoms with Gasteiger partial charge in [-0.1, -0.05) is 68.4 Å². The van der Waals surface area contributed by atoms with E-state index < -0.39 is 0 Å². The lowest BCUT2D eigenvalue weighted by Crippen LogP contribution is -2.02. The smallest absolute Gasteiger partial charge is 0.123 e. The summed E-state index contributed by atoms with van der Waals surface area (Å²) in [5.41, 5.74) is 8.58. The quantitative estimate of drug-likeness (QED) is 0.467. The van der Waals surface area contributed by atoms with Crippen LogP contribution in [-0.4, -0.2) is 0 Å². The largest absolute Gasteiger partial charge is 0.207 e. The Bertz CT molecular complexity index is 976. The number of halogens is 2. The molecule has 1 aliphatic carbocycles. The Hall–Kier alpha value is -2.96. The van der Waals surface area contributed by atoms with Gasteiger partial charge in [-0.3, -0.25) is 0 Å². The molecule has 0 heterocycles. The first-order chi connectivity index (χ1) is 13.0. The minimum Gasteiger partial charge on any atom is -0.207 e. The fraction of sp³-hybridized carbons (Fsp3) is 0.160. The van der Waals surface area contributed by atoms with Crippen LogP contribution in [0, 0.1) is 17.6 Å². The molecule has 0 aliphatic heterocycles. The topological polar surface area (TPSA) is 0 Å². The number of rotatable bonds is 3. The number of benzene rings is 3. The Labute approximate surface area is 158 Å². The minimum atomic E-state index is -0.279. The maximum Gasteiger partial charge on any atom is 0.123 e. The molecule has 2 atom stereocenters. The average molecular weight is 358 g/mol. The van der Waals surface area contributed by atoms with Gasteiger partial charge in [0.2, 0.25) is 0 Å². The minimum absolute atomic E-state index is 0.0629. The second-order valence-electron chi connectivity index (χ2n) is 7.22. The third-order valence-electron chi connectivity index (χ3n) is 5.67. The zero-order valence-corrected chi connectivity index (χ0v) is 15.3. The number of hydrogen-bond acceptors (Lipinski definition) is 0. The highest BCUT2D eigenvalue weighted by Gasteiger charge is 2.54. The predicted molar refractivity (Wildman–Crippen MR) is 105 cm³/mol. The molecule has 0 radical (unpaired) electrons. The van der Waals surface area contributed by atoms with Gasteiger partial charge in [0.25, 0.3) is 0 Å². The van der Waals surface area contributed by atoms with Gasteiger partial charge in [0.05, 0.1) is 0 Å². The molecule has 0 unspecified atom stereocenters. The van der Waals surface area contributed by atoms with Gasteiger partial charge in [0.1, 0.15) is 11.6 Å². The zero-order chi connectivity index (χ0) is 19.0. The van der Waals surface area contributed by atoms with Gasteiger partial charge >= 0.3 is 0 Å². The van der Waals surface area contributed by atoms with Crippen molar-refractivity contribution in [3.63, 3.8) is 0 Å². The van der Waals surface area contributed by atoms with E-state index in [0.717, 1.165) is 16.7 Å². The van der Waals surface area contributed by atoms with E-state index in [1.54, 1.807) is 24.3 Å². The third kappa shape index (κ3) is 3.13. The highest BCUT2D eigenvalue weighted by molar-refractivity contribution is 5.80. The fourth-order valence-corrected chi connectivity index (χ4v) is 3.73.